The van der Waals surface area contributed by atoms with Crippen LogP contribution in [0.2, 0.25) is 0 Å². The van der Waals surface area contributed by atoms with Crippen LogP contribution in [0.5, 0.6) is 0 Å². The van der Waals surface area contributed by atoms with Crippen LogP contribution in [0.3, 0.4) is 0 Å². The molecule has 6 nitrogen and oxygen atoms in total. The third-order valence-electron chi connectivity index (χ3n) is 4.90. The number of nitrogens with zero attached hydrogens (tertiary/aromatic N) is 2. The van der Waals surface area contributed by atoms with Crippen LogP contribution in [0.4, 0.5) is 0 Å². The summed E-state index contributed by atoms with van der Waals surface area (Å²) in [4.78, 5) is 28.5. The van der Waals surface area contributed by atoms with E-state index >= 15 is 0 Å². The maximum atomic E-state index is 12.8. The number of esters is 1. The number of aliphatic imine (C=N–C) groups is 1. The number of benzene rings is 2. The summed E-state index contributed by atoms with van der Waals surface area (Å²) in [6.45, 7) is -0.393. The van der Waals surface area contributed by atoms with E-state index in [-0.39, 0.29) is 0 Å². The summed E-state index contributed by atoms with van der Waals surface area (Å²) in [7, 11) is 1.30. The number of halogens is 1. The summed E-state index contributed by atoms with van der Waals surface area (Å²) in [5.41, 5.74) is 1.07. The van der Waals surface area contributed by atoms with Gasteiger partial charge in [0, 0.05) is 15.1 Å². The van der Waals surface area contributed by atoms with Gasteiger partial charge in [0.2, 0.25) is 6.54 Å². The highest BCUT2D eigenvalue weighted by atomic mass is 79.9. The molecule has 1 aliphatic rings. The molecule has 0 radical (unpaired) electrons. The zero-order valence-electron chi connectivity index (χ0n) is 14.8. The maximum Gasteiger partial charge on any atom is 0.334 e. The zero-order valence-corrected chi connectivity index (χ0v) is 16.4. The Morgan fingerprint density at radius 2 is 1.93 bits per heavy atom. The SMILES string of the molecule is COC(=O)[C@@]1([C@@H](C[N+](=O)[O-])c2ccccc2)CCC(c2ccc(Br)cc2)=N1. The van der Waals surface area contributed by atoms with Crippen molar-refractivity contribution in [1.82, 2.24) is 0 Å². The summed E-state index contributed by atoms with van der Waals surface area (Å²) in [6.07, 6.45) is 0.927. The summed E-state index contributed by atoms with van der Waals surface area (Å²) < 4.78 is 5.99. The van der Waals surface area contributed by atoms with Gasteiger partial charge in [0.1, 0.15) is 0 Å². The normalized spacial score (nSPS) is 20.0. The molecule has 2 aromatic carbocycles. The maximum absolute atomic E-state index is 12.8. The number of hydrogen-bond donors (Lipinski definition) is 0. The first-order valence-corrected chi connectivity index (χ1v) is 9.35. The fraction of sp³-hybridized carbons (Fsp3) is 0.300. The van der Waals surface area contributed by atoms with Gasteiger partial charge in [0.05, 0.1) is 13.0 Å². The Kier molecular flexibility index (Phi) is 5.70. The molecule has 0 saturated carbocycles. The smallest absolute Gasteiger partial charge is 0.334 e. The van der Waals surface area contributed by atoms with Crippen LogP contribution < -0.4 is 0 Å². The second-order valence-electron chi connectivity index (χ2n) is 6.46. The number of carbonyl (C=O) groups excluding carboxylic acids is 1. The van der Waals surface area contributed by atoms with E-state index in [9.17, 15) is 14.9 Å². The molecule has 1 heterocycles. The van der Waals surface area contributed by atoms with E-state index in [4.69, 9.17) is 9.73 Å². The molecule has 2 aromatic rings. The molecule has 0 unspecified atom stereocenters. The molecule has 0 N–H and O–H groups in total. The average Bonchev–Trinajstić information content (AvgIpc) is 3.13. The van der Waals surface area contributed by atoms with Crippen LogP contribution in [0, 0.1) is 10.1 Å². The number of ether oxygens (including phenoxy) is 1. The lowest BCUT2D eigenvalue weighted by Gasteiger charge is -2.30. The summed E-state index contributed by atoms with van der Waals surface area (Å²) in [6, 6.07) is 16.7. The molecule has 0 aromatic heterocycles. The Morgan fingerprint density at radius 1 is 1.26 bits per heavy atom. The quantitative estimate of drug-likeness (QED) is 0.393. The third-order valence-corrected chi connectivity index (χ3v) is 5.43. The van der Waals surface area contributed by atoms with Gasteiger partial charge >= 0.3 is 5.97 Å². The van der Waals surface area contributed by atoms with Crippen LogP contribution in [0.1, 0.15) is 29.9 Å². The first-order valence-electron chi connectivity index (χ1n) is 8.56. The predicted octanol–water partition coefficient (Wildman–Crippen LogP) is 4.00. The number of hydrogen-bond acceptors (Lipinski definition) is 5. The van der Waals surface area contributed by atoms with Gasteiger partial charge < -0.3 is 4.74 Å². The Labute approximate surface area is 165 Å². The monoisotopic (exact) mass is 430 g/mol. The van der Waals surface area contributed by atoms with Crippen molar-refractivity contribution in [2.24, 2.45) is 4.99 Å². The molecule has 0 bridgehead atoms. The second kappa shape index (κ2) is 8.00. The zero-order chi connectivity index (χ0) is 19.4. The van der Waals surface area contributed by atoms with Gasteiger partial charge in [-0.1, -0.05) is 58.4 Å². The largest absolute Gasteiger partial charge is 0.467 e. The molecule has 0 saturated heterocycles. The van der Waals surface area contributed by atoms with Crippen LogP contribution in [0.25, 0.3) is 0 Å². The van der Waals surface area contributed by atoms with Crippen molar-refractivity contribution in [2.45, 2.75) is 24.3 Å². The minimum absolute atomic E-state index is 0.373. The molecular formula is C20H19BrN2O4. The Hall–Kier alpha value is -2.54. The number of rotatable bonds is 6. The van der Waals surface area contributed by atoms with Gasteiger partial charge in [-0.05, 0) is 36.1 Å². The van der Waals surface area contributed by atoms with E-state index in [2.05, 4.69) is 15.9 Å². The fourth-order valence-corrected chi connectivity index (χ4v) is 3.86. The Balaban J connectivity index is 2.10. The highest BCUT2D eigenvalue weighted by Crippen LogP contribution is 2.42. The van der Waals surface area contributed by atoms with E-state index in [0.29, 0.717) is 18.4 Å². The Bertz CT molecular complexity index is 867. The molecule has 0 aliphatic carbocycles. The van der Waals surface area contributed by atoms with E-state index < -0.39 is 28.9 Å². The minimum Gasteiger partial charge on any atom is -0.467 e. The molecule has 1 aliphatic heterocycles. The van der Waals surface area contributed by atoms with Gasteiger partial charge in [0.25, 0.3) is 0 Å². The first-order chi connectivity index (χ1) is 13.0. The van der Waals surface area contributed by atoms with Crippen molar-refractivity contribution in [1.29, 1.82) is 0 Å². The molecule has 2 atom stereocenters. The topological polar surface area (TPSA) is 81.8 Å². The van der Waals surface area contributed by atoms with E-state index in [0.717, 1.165) is 15.7 Å². The number of nitro groups is 1. The van der Waals surface area contributed by atoms with E-state index in [1.54, 1.807) is 12.1 Å². The van der Waals surface area contributed by atoms with Crippen molar-refractivity contribution >= 4 is 27.6 Å². The van der Waals surface area contributed by atoms with Crippen molar-refractivity contribution in [3.05, 3.63) is 80.3 Å². The van der Waals surface area contributed by atoms with Crippen LogP contribution in [-0.2, 0) is 9.53 Å². The van der Waals surface area contributed by atoms with Gasteiger partial charge in [-0.3, -0.25) is 15.1 Å². The van der Waals surface area contributed by atoms with Gasteiger partial charge in [-0.2, -0.15) is 0 Å². The molecule has 3 rings (SSSR count). The summed E-state index contributed by atoms with van der Waals surface area (Å²) in [5.74, 6) is -1.24. The number of methoxy groups -OCH3 is 1. The van der Waals surface area contributed by atoms with E-state index in [1.165, 1.54) is 7.11 Å². The molecular weight excluding hydrogens is 412 g/mol. The highest BCUT2D eigenvalue weighted by molar-refractivity contribution is 9.10. The van der Waals surface area contributed by atoms with Gasteiger partial charge in [-0.15, -0.1) is 0 Å². The average molecular weight is 431 g/mol. The lowest BCUT2D eigenvalue weighted by molar-refractivity contribution is -0.484. The van der Waals surface area contributed by atoms with Crippen molar-refractivity contribution < 1.29 is 14.5 Å². The van der Waals surface area contributed by atoms with Crippen molar-refractivity contribution in [3.8, 4) is 0 Å². The number of carbonyl (C=O) groups is 1. The second-order valence-corrected chi connectivity index (χ2v) is 7.38. The van der Waals surface area contributed by atoms with Gasteiger partial charge in [0.15, 0.2) is 5.54 Å². The molecule has 0 fully saturated rings. The van der Waals surface area contributed by atoms with Gasteiger partial charge in [-0.25, -0.2) is 4.79 Å². The predicted molar refractivity (Wildman–Crippen MR) is 106 cm³/mol. The van der Waals surface area contributed by atoms with E-state index in [1.807, 2.05) is 42.5 Å². The lowest BCUT2D eigenvalue weighted by atomic mass is 9.77. The fourth-order valence-electron chi connectivity index (χ4n) is 3.60. The van der Waals surface area contributed by atoms with Crippen LogP contribution in [-0.4, -0.2) is 35.8 Å². The Morgan fingerprint density at radius 3 is 2.52 bits per heavy atom. The highest BCUT2D eigenvalue weighted by Gasteiger charge is 2.52. The lowest BCUT2D eigenvalue weighted by Crippen LogP contribution is -2.44. The van der Waals surface area contributed by atoms with Crippen LogP contribution in [0.15, 0.2) is 64.1 Å². The molecule has 140 valence electrons. The van der Waals surface area contributed by atoms with Crippen molar-refractivity contribution in [3.63, 3.8) is 0 Å². The third kappa shape index (κ3) is 3.93. The first kappa shape index (κ1) is 19.2. The standard InChI is InChI=1S/C20H19BrN2O4/c1-27-19(24)20(17(13-23(25)26)14-5-3-2-4-6-14)12-11-18(22-20)15-7-9-16(21)10-8-15/h2-10,17H,11-13H2,1H3/t17-,20-/m0/s1. The summed E-state index contributed by atoms with van der Waals surface area (Å²) in [5, 5.41) is 11.4. The minimum atomic E-state index is -1.30. The molecule has 0 amide bonds. The molecule has 0 spiro atoms. The van der Waals surface area contributed by atoms with Crippen molar-refractivity contribution in [2.75, 3.05) is 13.7 Å². The molecule has 27 heavy (non-hydrogen) atoms. The van der Waals surface area contributed by atoms with Crippen LogP contribution >= 0.6 is 15.9 Å². The molecule has 7 heteroatoms. The summed E-state index contributed by atoms with van der Waals surface area (Å²) >= 11 is 3.40.